The van der Waals surface area contributed by atoms with Gasteiger partial charge in [0.2, 0.25) is 0 Å². The monoisotopic (exact) mass is 254 g/mol. The van der Waals surface area contributed by atoms with Crippen molar-refractivity contribution >= 4 is 22.2 Å². The Bertz CT molecular complexity index is 682. The van der Waals surface area contributed by atoms with Crippen molar-refractivity contribution in [2.45, 2.75) is 12.6 Å². The Balaban J connectivity index is 1.94. The molecule has 0 fully saturated rings. The largest absolute Gasteiger partial charge is 0.341 e. The molecule has 1 aliphatic heterocycles. The van der Waals surface area contributed by atoms with E-state index in [0.29, 0.717) is 6.04 Å². The van der Waals surface area contributed by atoms with Gasteiger partial charge in [0.25, 0.3) is 0 Å². The first kappa shape index (κ1) is 10.4. The highest BCUT2D eigenvalue weighted by Crippen LogP contribution is 2.32. The normalized spacial score (nSPS) is 19.0. The third kappa shape index (κ3) is 1.44. The third-order valence-corrected chi connectivity index (χ3v) is 4.59. The van der Waals surface area contributed by atoms with Crippen molar-refractivity contribution in [2.24, 2.45) is 0 Å². The van der Waals surface area contributed by atoms with E-state index in [1.165, 1.54) is 21.5 Å². The molecule has 0 saturated carbocycles. The van der Waals surface area contributed by atoms with E-state index in [2.05, 4.69) is 57.7 Å². The summed E-state index contributed by atoms with van der Waals surface area (Å²) in [7, 11) is 0. The number of hydrogen-bond acceptors (Lipinski definition) is 2. The van der Waals surface area contributed by atoms with Crippen LogP contribution in [0, 0.1) is 0 Å². The molecule has 1 atom stereocenters. The van der Waals surface area contributed by atoms with Crippen LogP contribution in [-0.2, 0) is 6.54 Å². The minimum Gasteiger partial charge on any atom is -0.341 e. The minimum absolute atomic E-state index is 0.353. The van der Waals surface area contributed by atoms with Crippen molar-refractivity contribution in [3.8, 4) is 0 Å². The number of aromatic nitrogens is 1. The lowest BCUT2D eigenvalue weighted by atomic mass is 10.1. The van der Waals surface area contributed by atoms with Gasteiger partial charge in [-0.25, -0.2) is 0 Å². The summed E-state index contributed by atoms with van der Waals surface area (Å²) < 4.78 is 2.45. The van der Waals surface area contributed by atoms with Gasteiger partial charge in [0.1, 0.15) is 0 Å². The van der Waals surface area contributed by atoms with Crippen molar-refractivity contribution in [1.82, 2.24) is 9.88 Å². The van der Waals surface area contributed by atoms with Crippen LogP contribution in [0.4, 0.5) is 0 Å². The van der Waals surface area contributed by atoms with Crippen LogP contribution in [0.25, 0.3) is 10.9 Å². The molecule has 2 nitrogen and oxygen atoms in total. The number of hydrogen-bond donors (Lipinski definition) is 1. The standard InChI is InChI=1S/C15H14N2S/c1-2-5-12-11(4-1)10-13-15(14-6-3-9-18-14)16-7-8-17(12)13/h1-6,9-10,15-16H,7-8H2. The van der Waals surface area contributed by atoms with E-state index >= 15 is 0 Å². The van der Waals surface area contributed by atoms with Crippen LogP contribution < -0.4 is 5.32 Å². The fourth-order valence-electron chi connectivity index (χ4n) is 2.85. The van der Waals surface area contributed by atoms with Crippen LogP contribution in [0.2, 0.25) is 0 Å². The fourth-order valence-corrected chi connectivity index (χ4v) is 3.66. The molecule has 4 rings (SSSR count). The first-order valence-electron chi connectivity index (χ1n) is 6.28. The van der Waals surface area contributed by atoms with E-state index in [9.17, 15) is 0 Å². The molecule has 0 aliphatic carbocycles. The van der Waals surface area contributed by atoms with Gasteiger partial charge in [-0.3, -0.25) is 0 Å². The maximum Gasteiger partial charge on any atom is 0.0825 e. The Morgan fingerprint density at radius 1 is 1.17 bits per heavy atom. The average Bonchev–Trinajstić information content (AvgIpc) is 3.05. The summed E-state index contributed by atoms with van der Waals surface area (Å²) in [5.74, 6) is 0. The molecule has 3 heterocycles. The molecule has 2 aromatic heterocycles. The smallest absolute Gasteiger partial charge is 0.0825 e. The van der Waals surface area contributed by atoms with Gasteiger partial charge in [0.15, 0.2) is 0 Å². The van der Waals surface area contributed by atoms with E-state index < -0.39 is 0 Å². The van der Waals surface area contributed by atoms with Crippen molar-refractivity contribution in [3.63, 3.8) is 0 Å². The second-order valence-electron chi connectivity index (χ2n) is 4.68. The zero-order chi connectivity index (χ0) is 11.9. The van der Waals surface area contributed by atoms with Crippen molar-refractivity contribution < 1.29 is 0 Å². The highest BCUT2D eigenvalue weighted by Gasteiger charge is 2.23. The number of nitrogens with zero attached hydrogens (tertiary/aromatic N) is 1. The van der Waals surface area contributed by atoms with Gasteiger partial charge in [-0.2, -0.15) is 0 Å². The van der Waals surface area contributed by atoms with Gasteiger partial charge in [0.05, 0.1) is 6.04 Å². The summed E-state index contributed by atoms with van der Waals surface area (Å²) in [6, 6.07) is 15.7. The Hall–Kier alpha value is -1.58. The summed E-state index contributed by atoms with van der Waals surface area (Å²) in [5.41, 5.74) is 2.75. The first-order valence-corrected chi connectivity index (χ1v) is 7.16. The van der Waals surface area contributed by atoms with Gasteiger partial charge in [-0.15, -0.1) is 11.3 Å². The molecule has 18 heavy (non-hydrogen) atoms. The molecule has 3 heteroatoms. The molecule has 1 N–H and O–H groups in total. The van der Waals surface area contributed by atoms with E-state index in [0.717, 1.165) is 13.1 Å². The molecule has 0 radical (unpaired) electrons. The Morgan fingerprint density at radius 2 is 2.11 bits per heavy atom. The van der Waals surface area contributed by atoms with E-state index in [4.69, 9.17) is 0 Å². The number of nitrogens with one attached hydrogen (secondary N) is 1. The lowest BCUT2D eigenvalue weighted by Crippen LogP contribution is -2.33. The van der Waals surface area contributed by atoms with Gasteiger partial charge in [-0.1, -0.05) is 24.3 Å². The van der Waals surface area contributed by atoms with Crippen LogP contribution in [0.1, 0.15) is 16.6 Å². The Morgan fingerprint density at radius 3 is 3.00 bits per heavy atom. The molecular weight excluding hydrogens is 240 g/mol. The molecule has 90 valence electrons. The predicted molar refractivity (Wildman–Crippen MR) is 76.1 cm³/mol. The maximum atomic E-state index is 3.63. The SMILES string of the molecule is c1csc(C2NCCn3c2cc2ccccc23)c1. The molecule has 1 aliphatic rings. The molecule has 0 bridgehead atoms. The van der Waals surface area contributed by atoms with Crippen LogP contribution in [-0.4, -0.2) is 11.1 Å². The van der Waals surface area contributed by atoms with Crippen LogP contribution in [0.3, 0.4) is 0 Å². The molecule has 1 aromatic carbocycles. The van der Waals surface area contributed by atoms with Gasteiger partial charge in [0, 0.05) is 29.2 Å². The lowest BCUT2D eigenvalue weighted by molar-refractivity contribution is 0.479. The minimum atomic E-state index is 0.353. The predicted octanol–water partition coefficient (Wildman–Crippen LogP) is 3.40. The van der Waals surface area contributed by atoms with Crippen molar-refractivity contribution in [2.75, 3.05) is 6.54 Å². The molecule has 0 saturated heterocycles. The highest BCUT2D eigenvalue weighted by molar-refractivity contribution is 7.10. The Labute approximate surface area is 110 Å². The number of fused-ring (bicyclic) bond motifs is 3. The fraction of sp³-hybridized carbons (Fsp3) is 0.200. The summed E-state index contributed by atoms with van der Waals surface area (Å²) in [6.45, 7) is 2.10. The quantitative estimate of drug-likeness (QED) is 0.704. The van der Waals surface area contributed by atoms with Crippen LogP contribution in [0.5, 0.6) is 0 Å². The molecule has 0 amide bonds. The van der Waals surface area contributed by atoms with Crippen molar-refractivity contribution in [3.05, 3.63) is 58.4 Å². The summed E-state index contributed by atoms with van der Waals surface area (Å²) in [5, 5.41) is 7.12. The number of thiophene rings is 1. The van der Waals surface area contributed by atoms with Crippen LogP contribution in [0.15, 0.2) is 47.8 Å². The summed E-state index contributed by atoms with van der Waals surface area (Å²) in [4.78, 5) is 1.40. The number of para-hydroxylation sites is 1. The number of rotatable bonds is 1. The first-order chi connectivity index (χ1) is 8.93. The number of benzene rings is 1. The van der Waals surface area contributed by atoms with Crippen LogP contribution >= 0.6 is 11.3 Å². The Kier molecular flexibility index (Phi) is 2.28. The van der Waals surface area contributed by atoms with E-state index in [1.54, 1.807) is 0 Å². The molecule has 1 unspecified atom stereocenters. The van der Waals surface area contributed by atoms with E-state index in [1.807, 2.05) is 11.3 Å². The zero-order valence-corrected chi connectivity index (χ0v) is 10.8. The van der Waals surface area contributed by atoms with Gasteiger partial charge >= 0.3 is 0 Å². The summed E-state index contributed by atoms with van der Waals surface area (Å²) >= 11 is 1.83. The van der Waals surface area contributed by atoms with E-state index in [-0.39, 0.29) is 0 Å². The second kappa shape index (κ2) is 3.97. The summed E-state index contributed by atoms with van der Waals surface area (Å²) in [6.07, 6.45) is 0. The molecule has 3 aromatic rings. The van der Waals surface area contributed by atoms with Gasteiger partial charge in [-0.05, 0) is 29.0 Å². The lowest BCUT2D eigenvalue weighted by Gasteiger charge is -2.26. The average molecular weight is 254 g/mol. The third-order valence-electron chi connectivity index (χ3n) is 3.65. The maximum absolute atomic E-state index is 3.63. The van der Waals surface area contributed by atoms with Crippen molar-refractivity contribution in [1.29, 1.82) is 0 Å². The zero-order valence-electron chi connectivity index (χ0n) is 9.97. The second-order valence-corrected chi connectivity index (χ2v) is 5.66. The highest BCUT2D eigenvalue weighted by atomic mass is 32.1. The van der Waals surface area contributed by atoms with Gasteiger partial charge < -0.3 is 9.88 Å². The molecular formula is C15H14N2S. The molecule has 0 spiro atoms. The topological polar surface area (TPSA) is 17.0 Å².